The molecule has 0 aliphatic rings. The largest absolute Gasteiger partial charge is 0.497 e. The SMILES string of the molecule is COc1cccc(-c2ccnc(CS(=O)O)n2)c1. The molecule has 1 unspecified atom stereocenters. The summed E-state index contributed by atoms with van der Waals surface area (Å²) in [6, 6.07) is 9.19. The summed E-state index contributed by atoms with van der Waals surface area (Å²) in [6.07, 6.45) is 1.57. The van der Waals surface area contributed by atoms with Gasteiger partial charge in [-0.25, -0.2) is 14.2 Å². The van der Waals surface area contributed by atoms with Crippen molar-refractivity contribution in [3.05, 3.63) is 42.4 Å². The van der Waals surface area contributed by atoms with Crippen LogP contribution in [0.1, 0.15) is 5.82 Å². The number of benzene rings is 1. The number of nitrogens with zero attached hydrogens (tertiary/aromatic N) is 2. The lowest BCUT2D eigenvalue weighted by molar-refractivity contribution is 0.415. The van der Waals surface area contributed by atoms with E-state index in [0.29, 0.717) is 11.5 Å². The summed E-state index contributed by atoms with van der Waals surface area (Å²) in [4.78, 5) is 8.19. The maximum atomic E-state index is 10.7. The third-order valence-electron chi connectivity index (χ3n) is 2.32. The lowest BCUT2D eigenvalue weighted by atomic mass is 10.1. The third kappa shape index (κ3) is 3.12. The van der Waals surface area contributed by atoms with E-state index in [1.807, 2.05) is 24.3 Å². The van der Waals surface area contributed by atoms with Gasteiger partial charge in [0, 0.05) is 11.8 Å². The second-order valence-corrected chi connectivity index (χ2v) is 4.49. The predicted octanol–water partition coefficient (Wildman–Crippen LogP) is 1.87. The van der Waals surface area contributed by atoms with Crippen LogP contribution in [-0.4, -0.2) is 25.8 Å². The lowest BCUT2D eigenvalue weighted by Crippen LogP contribution is -2.00. The van der Waals surface area contributed by atoms with Crippen LogP contribution in [0, 0.1) is 0 Å². The maximum Gasteiger partial charge on any atom is 0.160 e. The van der Waals surface area contributed by atoms with Gasteiger partial charge in [0.05, 0.1) is 12.8 Å². The van der Waals surface area contributed by atoms with Gasteiger partial charge in [0.1, 0.15) is 17.3 Å². The summed E-state index contributed by atoms with van der Waals surface area (Å²) in [5, 5.41) is 0. The van der Waals surface area contributed by atoms with E-state index in [-0.39, 0.29) is 5.75 Å². The average Bonchev–Trinajstić information content (AvgIpc) is 2.38. The van der Waals surface area contributed by atoms with Crippen LogP contribution in [0.25, 0.3) is 11.3 Å². The van der Waals surface area contributed by atoms with Crippen molar-refractivity contribution in [1.82, 2.24) is 9.97 Å². The molecule has 0 radical (unpaired) electrons. The van der Waals surface area contributed by atoms with Gasteiger partial charge in [-0.1, -0.05) is 12.1 Å². The van der Waals surface area contributed by atoms with Crippen molar-refractivity contribution in [3.8, 4) is 17.0 Å². The second-order valence-electron chi connectivity index (χ2n) is 3.56. The molecule has 0 spiro atoms. The fraction of sp³-hybridized carbons (Fsp3) is 0.167. The van der Waals surface area contributed by atoms with Crippen molar-refractivity contribution in [2.24, 2.45) is 0 Å². The fourth-order valence-electron chi connectivity index (χ4n) is 1.52. The highest BCUT2D eigenvalue weighted by molar-refractivity contribution is 7.78. The molecule has 5 nitrogen and oxygen atoms in total. The Morgan fingerprint density at radius 1 is 1.39 bits per heavy atom. The van der Waals surface area contributed by atoms with E-state index in [0.717, 1.165) is 11.3 Å². The Labute approximate surface area is 107 Å². The van der Waals surface area contributed by atoms with Gasteiger partial charge in [0.2, 0.25) is 0 Å². The molecule has 1 atom stereocenters. The molecule has 0 aliphatic heterocycles. The minimum atomic E-state index is -1.94. The van der Waals surface area contributed by atoms with Crippen LogP contribution >= 0.6 is 0 Å². The molecule has 0 saturated carbocycles. The van der Waals surface area contributed by atoms with E-state index >= 15 is 0 Å². The Hall–Kier alpha value is -1.79. The predicted molar refractivity (Wildman–Crippen MR) is 68.5 cm³/mol. The Balaban J connectivity index is 2.34. The summed E-state index contributed by atoms with van der Waals surface area (Å²) in [5.74, 6) is 1.01. The zero-order chi connectivity index (χ0) is 13.0. The molecule has 0 bridgehead atoms. The van der Waals surface area contributed by atoms with Gasteiger partial charge in [-0.3, -0.25) is 0 Å². The summed E-state index contributed by atoms with van der Waals surface area (Å²) in [7, 11) is 1.60. The van der Waals surface area contributed by atoms with Crippen LogP contribution in [0.15, 0.2) is 36.5 Å². The van der Waals surface area contributed by atoms with Crippen LogP contribution in [0.5, 0.6) is 5.75 Å². The Morgan fingerprint density at radius 3 is 2.94 bits per heavy atom. The number of ether oxygens (including phenoxy) is 1. The van der Waals surface area contributed by atoms with Crippen molar-refractivity contribution < 1.29 is 13.5 Å². The maximum absolute atomic E-state index is 10.7. The number of rotatable bonds is 4. The van der Waals surface area contributed by atoms with E-state index in [4.69, 9.17) is 9.29 Å². The van der Waals surface area contributed by atoms with E-state index in [1.54, 1.807) is 19.4 Å². The molecule has 0 aliphatic carbocycles. The van der Waals surface area contributed by atoms with Crippen LogP contribution < -0.4 is 4.74 Å². The number of aromatic nitrogens is 2. The Bertz CT molecular complexity index is 575. The van der Waals surface area contributed by atoms with Gasteiger partial charge >= 0.3 is 0 Å². The topological polar surface area (TPSA) is 72.3 Å². The van der Waals surface area contributed by atoms with Gasteiger partial charge in [-0.05, 0) is 18.2 Å². The standard InChI is InChI=1S/C12H12N2O3S/c1-17-10-4-2-3-9(7-10)11-5-6-13-12(14-11)8-18(15)16/h2-7H,8H2,1H3,(H,15,16). The Morgan fingerprint density at radius 2 is 2.22 bits per heavy atom. The zero-order valence-electron chi connectivity index (χ0n) is 9.74. The number of hydrogen-bond acceptors (Lipinski definition) is 4. The normalized spacial score (nSPS) is 12.1. The molecule has 1 aromatic carbocycles. The first-order valence-corrected chi connectivity index (χ1v) is 6.50. The summed E-state index contributed by atoms with van der Waals surface area (Å²) >= 11 is -1.94. The fourth-order valence-corrected chi connectivity index (χ4v) is 1.88. The third-order valence-corrected chi connectivity index (χ3v) is 2.83. The highest BCUT2D eigenvalue weighted by Crippen LogP contribution is 2.21. The minimum absolute atomic E-state index is 0.0716. The van der Waals surface area contributed by atoms with Gasteiger partial charge < -0.3 is 9.29 Å². The molecule has 1 N–H and O–H groups in total. The number of methoxy groups -OCH3 is 1. The summed E-state index contributed by atoms with van der Waals surface area (Å²) in [5.41, 5.74) is 1.58. The van der Waals surface area contributed by atoms with E-state index in [2.05, 4.69) is 9.97 Å². The van der Waals surface area contributed by atoms with Gasteiger partial charge in [0.15, 0.2) is 11.1 Å². The van der Waals surface area contributed by atoms with Crippen LogP contribution in [0.3, 0.4) is 0 Å². The first-order valence-electron chi connectivity index (χ1n) is 5.23. The Kier molecular flexibility index (Phi) is 4.01. The smallest absolute Gasteiger partial charge is 0.160 e. The van der Waals surface area contributed by atoms with Crippen molar-refractivity contribution in [3.63, 3.8) is 0 Å². The van der Waals surface area contributed by atoms with Crippen LogP contribution in [0.2, 0.25) is 0 Å². The molecule has 18 heavy (non-hydrogen) atoms. The van der Waals surface area contributed by atoms with Crippen molar-refractivity contribution in [1.29, 1.82) is 0 Å². The molecule has 0 saturated heterocycles. The second kappa shape index (κ2) is 5.70. The monoisotopic (exact) mass is 264 g/mol. The summed E-state index contributed by atoms with van der Waals surface area (Å²) in [6.45, 7) is 0. The molecular formula is C12H12N2O3S. The average molecular weight is 264 g/mol. The molecule has 1 aromatic heterocycles. The van der Waals surface area contributed by atoms with Crippen LogP contribution in [0.4, 0.5) is 0 Å². The molecule has 2 rings (SSSR count). The highest BCUT2D eigenvalue weighted by atomic mass is 32.2. The molecule has 1 heterocycles. The van der Waals surface area contributed by atoms with Crippen LogP contribution in [-0.2, 0) is 16.8 Å². The van der Waals surface area contributed by atoms with Gasteiger partial charge in [-0.15, -0.1) is 0 Å². The molecule has 0 amide bonds. The first-order chi connectivity index (χ1) is 8.69. The molecule has 94 valence electrons. The molecular weight excluding hydrogens is 252 g/mol. The van der Waals surface area contributed by atoms with Crippen molar-refractivity contribution >= 4 is 11.1 Å². The van der Waals surface area contributed by atoms with Gasteiger partial charge in [0.25, 0.3) is 0 Å². The molecule has 6 heteroatoms. The molecule has 2 aromatic rings. The van der Waals surface area contributed by atoms with E-state index < -0.39 is 11.1 Å². The minimum Gasteiger partial charge on any atom is -0.497 e. The van der Waals surface area contributed by atoms with E-state index in [1.165, 1.54) is 0 Å². The first kappa shape index (κ1) is 12.7. The van der Waals surface area contributed by atoms with Gasteiger partial charge in [-0.2, -0.15) is 0 Å². The lowest BCUT2D eigenvalue weighted by Gasteiger charge is -2.05. The summed E-state index contributed by atoms with van der Waals surface area (Å²) < 4.78 is 24.7. The number of hydrogen-bond donors (Lipinski definition) is 1. The van der Waals surface area contributed by atoms with Crippen molar-refractivity contribution in [2.75, 3.05) is 7.11 Å². The quantitative estimate of drug-likeness (QED) is 0.853. The van der Waals surface area contributed by atoms with E-state index in [9.17, 15) is 4.21 Å². The zero-order valence-corrected chi connectivity index (χ0v) is 10.6. The van der Waals surface area contributed by atoms with Crippen molar-refractivity contribution in [2.45, 2.75) is 5.75 Å². The molecule has 0 fully saturated rings. The highest BCUT2D eigenvalue weighted by Gasteiger charge is 2.05.